The molecule has 2 heterocycles. The minimum absolute atomic E-state index is 0.265. The summed E-state index contributed by atoms with van der Waals surface area (Å²) in [6, 6.07) is 6.62. The minimum Gasteiger partial charge on any atom is -0.497 e. The van der Waals surface area contributed by atoms with Gasteiger partial charge in [0.25, 0.3) is 0 Å². The van der Waals surface area contributed by atoms with Crippen molar-refractivity contribution in [1.82, 2.24) is 4.90 Å². The van der Waals surface area contributed by atoms with Gasteiger partial charge in [-0.3, -0.25) is 9.69 Å². The Balaban J connectivity index is 1.79. The second-order valence-corrected chi connectivity index (χ2v) is 6.34. The maximum Gasteiger partial charge on any atom is 0.139 e. The minimum atomic E-state index is 0.265. The average molecular weight is 287 g/mol. The first-order valence-corrected chi connectivity index (χ1v) is 8.16. The summed E-state index contributed by atoms with van der Waals surface area (Å²) < 4.78 is 5.32. The monoisotopic (exact) mass is 287 g/mol. The SMILES string of the molecule is CCCCC1CN2CCc3cc(OC)ccc3C2CC1=O. The zero-order valence-corrected chi connectivity index (χ0v) is 13.1. The van der Waals surface area contributed by atoms with Gasteiger partial charge in [-0.05, 0) is 36.1 Å². The van der Waals surface area contributed by atoms with E-state index in [9.17, 15) is 4.79 Å². The quantitative estimate of drug-likeness (QED) is 0.850. The first-order valence-electron chi connectivity index (χ1n) is 8.16. The molecule has 0 radical (unpaired) electrons. The van der Waals surface area contributed by atoms with E-state index >= 15 is 0 Å². The highest BCUT2D eigenvalue weighted by Gasteiger charge is 2.37. The molecule has 2 atom stereocenters. The maximum atomic E-state index is 12.4. The Morgan fingerprint density at radius 1 is 1.38 bits per heavy atom. The average Bonchev–Trinajstić information content (AvgIpc) is 2.52. The molecule has 21 heavy (non-hydrogen) atoms. The van der Waals surface area contributed by atoms with Crippen LogP contribution in [0.4, 0.5) is 0 Å². The van der Waals surface area contributed by atoms with E-state index in [2.05, 4.69) is 24.0 Å². The molecule has 0 aliphatic carbocycles. The van der Waals surface area contributed by atoms with Gasteiger partial charge in [0, 0.05) is 31.5 Å². The van der Waals surface area contributed by atoms with E-state index in [-0.39, 0.29) is 5.92 Å². The molecular formula is C18H25NO2. The number of fused-ring (bicyclic) bond motifs is 3. The van der Waals surface area contributed by atoms with E-state index in [0.717, 1.165) is 31.7 Å². The smallest absolute Gasteiger partial charge is 0.139 e. The summed E-state index contributed by atoms with van der Waals surface area (Å²) >= 11 is 0. The Bertz CT molecular complexity index is 526. The molecule has 1 saturated heterocycles. The molecule has 3 nitrogen and oxygen atoms in total. The lowest BCUT2D eigenvalue weighted by molar-refractivity contribution is -0.129. The van der Waals surface area contributed by atoms with Crippen molar-refractivity contribution in [1.29, 1.82) is 0 Å². The van der Waals surface area contributed by atoms with Crippen molar-refractivity contribution in [2.75, 3.05) is 20.2 Å². The number of nitrogens with zero attached hydrogens (tertiary/aromatic N) is 1. The van der Waals surface area contributed by atoms with E-state index in [1.165, 1.54) is 24.0 Å². The lowest BCUT2D eigenvalue weighted by atomic mass is 9.81. The second-order valence-electron chi connectivity index (χ2n) is 6.34. The lowest BCUT2D eigenvalue weighted by Gasteiger charge is -2.43. The van der Waals surface area contributed by atoms with E-state index < -0.39 is 0 Å². The van der Waals surface area contributed by atoms with Crippen LogP contribution in [-0.2, 0) is 11.2 Å². The number of unbranched alkanes of at least 4 members (excludes halogenated alkanes) is 1. The van der Waals surface area contributed by atoms with Gasteiger partial charge in [-0.2, -0.15) is 0 Å². The second kappa shape index (κ2) is 6.18. The third kappa shape index (κ3) is 2.84. The molecular weight excluding hydrogens is 262 g/mol. The van der Waals surface area contributed by atoms with Gasteiger partial charge < -0.3 is 4.74 Å². The maximum absolute atomic E-state index is 12.4. The number of ether oxygens (including phenoxy) is 1. The van der Waals surface area contributed by atoms with Crippen molar-refractivity contribution in [2.45, 2.75) is 45.1 Å². The molecule has 0 spiro atoms. The van der Waals surface area contributed by atoms with Crippen molar-refractivity contribution >= 4 is 5.78 Å². The number of Topliss-reactive ketones (excluding diaryl/α,β-unsaturated/α-hetero) is 1. The Morgan fingerprint density at radius 3 is 3.00 bits per heavy atom. The van der Waals surface area contributed by atoms with Gasteiger partial charge in [0.05, 0.1) is 7.11 Å². The van der Waals surface area contributed by atoms with Crippen LogP contribution in [0.25, 0.3) is 0 Å². The fraction of sp³-hybridized carbons (Fsp3) is 0.611. The van der Waals surface area contributed by atoms with Gasteiger partial charge in [0.1, 0.15) is 11.5 Å². The number of hydrogen-bond donors (Lipinski definition) is 0. The van der Waals surface area contributed by atoms with Crippen molar-refractivity contribution in [2.24, 2.45) is 5.92 Å². The van der Waals surface area contributed by atoms with Crippen molar-refractivity contribution in [3.63, 3.8) is 0 Å². The number of rotatable bonds is 4. The van der Waals surface area contributed by atoms with Crippen molar-refractivity contribution in [3.8, 4) is 5.75 Å². The third-order valence-corrected chi connectivity index (χ3v) is 5.03. The number of carbonyl (C=O) groups excluding carboxylic acids is 1. The third-order valence-electron chi connectivity index (χ3n) is 5.03. The molecule has 114 valence electrons. The number of piperidine rings is 1. The Labute approximate surface area is 127 Å². The van der Waals surface area contributed by atoms with Crippen LogP contribution in [0.5, 0.6) is 5.75 Å². The number of methoxy groups -OCH3 is 1. The first-order chi connectivity index (χ1) is 10.2. The highest BCUT2D eigenvalue weighted by Crippen LogP contribution is 2.39. The van der Waals surface area contributed by atoms with Gasteiger partial charge in [0.2, 0.25) is 0 Å². The summed E-state index contributed by atoms with van der Waals surface area (Å²) in [5.74, 6) is 1.65. The molecule has 0 aromatic heterocycles. The number of ketones is 1. The van der Waals surface area contributed by atoms with Crippen LogP contribution >= 0.6 is 0 Å². The molecule has 0 N–H and O–H groups in total. The van der Waals surface area contributed by atoms with Crippen molar-refractivity contribution < 1.29 is 9.53 Å². The fourth-order valence-electron chi connectivity index (χ4n) is 3.77. The van der Waals surface area contributed by atoms with Crippen molar-refractivity contribution in [3.05, 3.63) is 29.3 Å². The largest absolute Gasteiger partial charge is 0.497 e. The predicted octanol–water partition coefficient (Wildman–Crippen LogP) is 3.37. The summed E-state index contributed by atoms with van der Waals surface area (Å²) in [4.78, 5) is 15.0. The summed E-state index contributed by atoms with van der Waals surface area (Å²) in [5.41, 5.74) is 2.69. The molecule has 2 aliphatic heterocycles. The predicted molar refractivity (Wildman–Crippen MR) is 83.7 cm³/mol. The Hall–Kier alpha value is -1.35. The van der Waals surface area contributed by atoms with Gasteiger partial charge in [-0.15, -0.1) is 0 Å². The van der Waals surface area contributed by atoms with Crippen LogP contribution in [0.3, 0.4) is 0 Å². The van der Waals surface area contributed by atoms with E-state index in [1.54, 1.807) is 7.11 Å². The van der Waals surface area contributed by atoms with Crippen LogP contribution in [0.2, 0.25) is 0 Å². The van der Waals surface area contributed by atoms with Gasteiger partial charge >= 0.3 is 0 Å². The molecule has 3 rings (SSSR count). The molecule has 1 aromatic carbocycles. The summed E-state index contributed by atoms with van der Waals surface area (Å²) in [7, 11) is 1.71. The topological polar surface area (TPSA) is 29.5 Å². The van der Waals surface area contributed by atoms with Crippen LogP contribution < -0.4 is 4.74 Å². The number of benzene rings is 1. The molecule has 2 unspecified atom stereocenters. The van der Waals surface area contributed by atoms with E-state index in [4.69, 9.17) is 4.74 Å². The summed E-state index contributed by atoms with van der Waals surface area (Å²) in [5, 5.41) is 0. The molecule has 0 amide bonds. The summed E-state index contributed by atoms with van der Waals surface area (Å²) in [6.45, 7) is 4.22. The van der Waals surface area contributed by atoms with E-state index in [1.807, 2.05) is 6.07 Å². The van der Waals surface area contributed by atoms with Crippen LogP contribution in [0.15, 0.2) is 18.2 Å². The van der Waals surface area contributed by atoms with Gasteiger partial charge in [-0.1, -0.05) is 25.8 Å². The molecule has 2 aliphatic rings. The first kappa shape index (κ1) is 14.6. The highest BCUT2D eigenvalue weighted by atomic mass is 16.5. The van der Waals surface area contributed by atoms with Crippen LogP contribution in [-0.4, -0.2) is 30.9 Å². The normalized spacial score (nSPS) is 25.3. The Kier molecular flexibility index (Phi) is 4.29. The van der Waals surface area contributed by atoms with E-state index in [0.29, 0.717) is 18.2 Å². The van der Waals surface area contributed by atoms with Gasteiger partial charge in [0.15, 0.2) is 0 Å². The zero-order valence-electron chi connectivity index (χ0n) is 13.1. The highest BCUT2D eigenvalue weighted by molar-refractivity contribution is 5.83. The molecule has 1 fully saturated rings. The zero-order chi connectivity index (χ0) is 14.8. The molecule has 0 saturated carbocycles. The number of hydrogen-bond acceptors (Lipinski definition) is 3. The standard InChI is InChI=1S/C18H25NO2/c1-3-4-5-14-12-19-9-8-13-10-15(21-2)6-7-16(13)17(19)11-18(14)20/h6-7,10,14,17H,3-5,8-9,11-12H2,1-2H3. The molecule has 3 heteroatoms. The summed E-state index contributed by atoms with van der Waals surface area (Å²) in [6.07, 6.45) is 5.16. The number of carbonyl (C=O) groups is 1. The fourth-order valence-corrected chi connectivity index (χ4v) is 3.77. The van der Waals surface area contributed by atoms with Crippen LogP contribution in [0.1, 0.15) is 49.8 Å². The Morgan fingerprint density at radius 2 is 2.24 bits per heavy atom. The molecule has 1 aromatic rings. The lowest BCUT2D eigenvalue weighted by Crippen LogP contribution is -2.46. The molecule has 0 bridgehead atoms. The van der Waals surface area contributed by atoms with Gasteiger partial charge in [-0.25, -0.2) is 0 Å². The van der Waals surface area contributed by atoms with Crippen LogP contribution in [0, 0.1) is 5.92 Å².